The Morgan fingerprint density at radius 3 is 2.90 bits per heavy atom. The first-order chi connectivity index (χ1) is 14.0. The van der Waals surface area contributed by atoms with Crippen LogP contribution in [0, 0.1) is 0 Å². The summed E-state index contributed by atoms with van der Waals surface area (Å²) in [6.07, 6.45) is 6.43. The second-order valence-corrected chi connectivity index (χ2v) is 7.23. The molecule has 150 valence electrons. The smallest absolute Gasteiger partial charge is 0.255 e. The van der Waals surface area contributed by atoms with Gasteiger partial charge in [0.25, 0.3) is 5.91 Å². The number of pyridine rings is 1. The zero-order chi connectivity index (χ0) is 20.4. The standard InChI is InChI=1S/C22H23N3O4/c1-24-12-16(3-7-21(24)27)22(28)25-9-8-15-2-6-20(10-17(15)13-25)29-14-18-4-5-19(26)11-23-18/h2-7,10-12,21,26-27H,8-9,13-14H2,1H3. The molecular formula is C22H23N3O4. The van der Waals surface area contributed by atoms with Gasteiger partial charge in [0, 0.05) is 26.3 Å². The van der Waals surface area contributed by atoms with E-state index in [0.717, 1.165) is 17.7 Å². The maximum absolute atomic E-state index is 12.9. The van der Waals surface area contributed by atoms with E-state index >= 15 is 0 Å². The molecule has 4 rings (SSSR count). The van der Waals surface area contributed by atoms with Gasteiger partial charge in [-0.15, -0.1) is 0 Å². The van der Waals surface area contributed by atoms with E-state index in [1.54, 1.807) is 42.4 Å². The fourth-order valence-electron chi connectivity index (χ4n) is 3.43. The molecule has 2 aliphatic heterocycles. The van der Waals surface area contributed by atoms with Crippen molar-refractivity contribution in [2.24, 2.45) is 0 Å². The zero-order valence-electron chi connectivity index (χ0n) is 16.2. The number of hydrogen-bond donors (Lipinski definition) is 2. The molecule has 0 saturated carbocycles. The number of nitrogens with zero attached hydrogens (tertiary/aromatic N) is 3. The van der Waals surface area contributed by atoms with Crippen LogP contribution in [0.1, 0.15) is 16.8 Å². The number of benzene rings is 1. The van der Waals surface area contributed by atoms with E-state index in [0.29, 0.717) is 31.0 Å². The van der Waals surface area contributed by atoms with Gasteiger partial charge in [-0.25, -0.2) is 0 Å². The number of carbonyl (C=O) groups is 1. The lowest BCUT2D eigenvalue weighted by Gasteiger charge is -2.31. The molecule has 0 radical (unpaired) electrons. The van der Waals surface area contributed by atoms with Gasteiger partial charge in [-0.3, -0.25) is 9.78 Å². The number of aromatic hydroxyl groups is 1. The second kappa shape index (κ2) is 7.97. The number of carbonyl (C=O) groups excluding carboxylic acids is 1. The number of aromatic nitrogens is 1. The van der Waals surface area contributed by atoms with Crippen molar-refractivity contribution in [2.45, 2.75) is 25.8 Å². The molecule has 1 aromatic heterocycles. The van der Waals surface area contributed by atoms with E-state index in [9.17, 15) is 15.0 Å². The van der Waals surface area contributed by atoms with Crippen molar-refractivity contribution in [3.05, 3.63) is 77.3 Å². The normalized spacial score (nSPS) is 18.3. The highest BCUT2D eigenvalue weighted by Crippen LogP contribution is 2.26. The van der Waals surface area contributed by atoms with Crippen LogP contribution in [0.4, 0.5) is 0 Å². The van der Waals surface area contributed by atoms with Crippen molar-refractivity contribution in [1.82, 2.24) is 14.8 Å². The molecule has 1 amide bonds. The lowest BCUT2D eigenvalue weighted by molar-refractivity contribution is -0.127. The van der Waals surface area contributed by atoms with E-state index in [2.05, 4.69) is 4.98 Å². The molecule has 0 spiro atoms. The summed E-state index contributed by atoms with van der Waals surface area (Å²) >= 11 is 0. The van der Waals surface area contributed by atoms with Crippen molar-refractivity contribution < 1.29 is 19.7 Å². The highest BCUT2D eigenvalue weighted by Gasteiger charge is 2.24. The van der Waals surface area contributed by atoms with Gasteiger partial charge >= 0.3 is 0 Å². The number of fused-ring (bicyclic) bond motifs is 1. The van der Waals surface area contributed by atoms with Crippen molar-refractivity contribution in [3.8, 4) is 11.5 Å². The van der Waals surface area contributed by atoms with Gasteiger partial charge in [0.2, 0.25) is 0 Å². The average molecular weight is 393 g/mol. The molecule has 1 atom stereocenters. The maximum Gasteiger partial charge on any atom is 0.255 e. The topological polar surface area (TPSA) is 86.1 Å². The lowest BCUT2D eigenvalue weighted by atomic mass is 9.98. The summed E-state index contributed by atoms with van der Waals surface area (Å²) in [7, 11) is 1.74. The van der Waals surface area contributed by atoms with Crippen LogP contribution in [-0.4, -0.2) is 50.7 Å². The van der Waals surface area contributed by atoms with E-state index in [1.807, 2.05) is 23.1 Å². The van der Waals surface area contributed by atoms with Crippen LogP contribution < -0.4 is 4.74 Å². The van der Waals surface area contributed by atoms with Crippen LogP contribution in [0.15, 0.2) is 60.5 Å². The largest absolute Gasteiger partial charge is 0.506 e. The van der Waals surface area contributed by atoms with Crippen LogP contribution >= 0.6 is 0 Å². The third-order valence-corrected chi connectivity index (χ3v) is 5.13. The van der Waals surface area contributed by atoms with Crippen LogP contribution in [0.2, 0.25) is 0 Å². The van der Waals surface area contributed by atoms with Crippen molar-refractivity contribution in [2.75, 3.05) is 13.6 Å². The number of ether oxygens (including phenoxy) is 1. The van der Waals surface area contributed by atoms with Gasteiger partial charge in [-0.05, 0) is 54.0 Å². The Balaban J connectivity index is 1.44. The summed E-state index contributed by atoms with van der Waals surface area (Å²) in [5.74, 6) is 0.786. The van der Waals surface area contributed by atoms with Crippen molar-refractivity contribution in [3.63, 3.8) is 0 Å². The molecule has 7 nitrogen and oxygen atoms in total. The van der Waals surface area contributed by atoms with Gasteiger partial charge in [0.1, 0.15) is 24.3 Å². The minimum atomic E-state index is -0.698. The van der Waals surface area contributed by atoms with Gasteiger partial charge in [0.15, 0.2) is 0 Å². The van der Waals surface area contributed by atoms with Crippen LogP contribution in [0.25, 0.3) is 0 Å². The molecule has 29 heavy (non-hydrogen) atoms. The van der Waals surface area contributed by atoms with Gasteiger partial charge in [0.05, 0.1) is 17.5 Å². The number of hydrogen-bond acceptors (Lipinski definition) is 6. The molecule has 0 saturated heterocycles. The van der Waals surface area contributed by atoms with E-state index in [4.69, 9.17) is 4.74 Å². The number of likely N-dealkylation sites (N-methyl/N-ethyl adjacent to an activating group) is 1. The summed E-state index contributed by atoms with van der Waals surface area (Å²) < 4.78 is 5.83. The quantitative estimate of drug-likeness (QED) is 0.826. The Morgan fingerprint density at radius 1 is 1.28 bits per heavy atom. The van der Waals surface area contributed by atoms with Gasteiger partial charge in [-0.1, -0.05) is 6.07 Å². The number of amides is 1. The minimum Gasteiger partial charge on any atom is -0.506 e. The third-order valence-electron chi connectivity index (χ3n) is 5.13. The molecule has 0 bridgehead atoms. The second-order valence-electron chi connectivity index (χ2n) is 7.23. The highest BCUT2D eigenvalue weighted by molar-refractivity contribution is 5.96. The third kappa shape index (κ3) is 4.25. The first-order valence-corrected chi connectivity index (χ1v) is 9.47. The predicted molar refractivity (Wildman–Crippen MR) is 107 cm³/mol. The molecule has 1 unspecified atom stereocenters. The Hall–Kier alpha value is -3.32. The fraction of sp³-hybridized carbons (Fsp3) is 0.273. The first-order valence-electron chi connectivity index (χ1n) is 9.47. The minimum absolute atomic E-state index is 0.0507. The Labute approximate surface area is 169 Å². The molecule has 3 heterocycles. The van der Waals surface area contributed by atoms with Crippen LogP contribution in [0.3, 0.4) is 0 Å². The summed E-state index contributed by atoms with van der Waals surface area (Å²) in [6.45, 7) is 1.47. The average Bonchev–Trinajstić information content (AvgIpc) is 2.74. The van der Waals surface area contributed by atoms with E-state index in [1.165, 1.54) is 11.8 Å². The van der Waals surface area contributed by atoms with E-state index < -0.39 is 6.23 Å². The molecule has 2 N–H and O–H groups in total. The molecule has 7 heteroatoms. The Kier molecular flexibility index (Phi) is 5.22. The fourth-order valence-corrected chi connectivity index (χ4v) is 3.43. The Bertz CT molecular complexity index is 969. The summed E-state index contributed by atoms with van der Waals surface area (Å²) in [4.78, 5) is 20.4. The molecule has 2 aliphatic rings. The van der Waals surface area contributed by atoms with E-state index in [-0.39, 0.29) is 11.7 Å². The van der Waals surface area contributed by atoms with Crippen LogP contribution in [0.5, 0.6) is 11.5 Å². The lowest BCUT2D eigenvalue weighted by Crippen LogP contribution is -2.38. The highest BCUT2D eigenvalue weighted by atomic mass is 16.5. The molecule has 2 aromatic rings. The number of aliphatic hydroxyl groups excluding tert-OH is 1. The summed E-state index contributed by atoms with van der Waals surface area (Å²) in [5.41, 5.74) is 3.56. The first kappa shape index (κ1) is 19.0. The zero-order valence-corrected chi connectivity index (χ0v) is 16.2. The molecular weight excluding hydrogens is 370 g/mol. The van der Waals surface area contributed by atoms with Crippen molar-refractivity contribution in [1.29, 1.82) is 0 Å². The summed E-state index contributed by atoms with van der Waals surface area (Å²) in [6, 6.07) is 9.23. The van der Waals surface area contributed by atoms with Crippen molar-refractivity contribution >= 4 is 5.91 Å². The SMILES string of the molecule is CN1C=C(C(=O)N2CCc3ccc(OCc4ccc(O)cn4)cc3C2)C=CC1O. The van der Waals surface area contributed by atoms with Crippen LogP contribution in [-0.2, 0) is 24.4 Å². The molecule has 0 aliphatic carbocycles. The molecule has 1 aromatic carbocycles. The van der Waals surface area contributed by atoms with Gasteiger partial charge < -0.3 is 24.7 Å². The Morgan fingerprint density at radius 2 is 2.14 bits per heavy atom. The summed E-state index contributed by atoms with van der Waals surface area (Å²) in [5, 5.41) is 19.0. The maximum atomic E-state index is 12.9. The number of rotatable bonds is 4. The molecule has 0 fully saturated rings. The number of aliphatic hydroxyl groups is 1. The monoisotopic (exact) mass is 393 g/mol. The predicted octanol–water partition coefficient (Wildman–Crippen LogP) is 1.95. The van der Waals surface area contributed by atoms with Gasteiger partial charge in [-0.2, -0.15) is 0 Å².